The summed E-state index contributed by atoms with van der Waals surface area (Å²) in [6.07, 6.45) is 3.17. The van der Waals surface area contributed by atoms with Crippen LogP contribution in [-0.2, 0) is 12.0 Å². The van der Waals surface area contributed by atoms with Gasteiger partial charge in [0.25, 0.3) is 0 Å². The number of pyridine rings is 1. The second-order valence-corrected chi connectivity index (χ2v) is 7.78. The fraction of sp³-hybridized carbons (Fsp3) is 0.421. The van der Waals surface area contributed by atoms with Crippen LogP contribution in [-0.4, -0.2) is 16.7 Å². The molecular weight excluding hydrogens is 305 g/mol. The molecule has 1 aliphatic heterocycles. The molecule has 0 saturated heterocycles. The summed E-state index contributed by atoms with van der Waals surface area (Å²) in [7, 11) is 2.73. The molecule has 4 heteroatoms. The second kappa shape index (κ2) is 5.89. The van der Waals surface area contributed by atoms with Crippen LogP contribution in [0, 0.1) is 5.41 Å². The smallest absolute Gasteiger partial charge is 0.136 e. The van der Waals surface area contributed by atoms with Gasteiger partial charge in [-0.25, -0.2) is 0 Å². The molecule has 1 N–H and O–H groups in total. The molecule has 0 bridgehead atoms. The molecule has 3 nitrogen and oxygen atoms in total. The average Bonchev–Trinajstić information content (AvgIpc) is 2.62. The highest BCUT2D eigenvalue weighted by molar-refractivity contribution is 7.27. The molecule has 23 heavy (non-hydrogen) atoms. The highest BCUT2D eigenvalue weighted by Gasteiger charge is 2.44. The Morgan fingerprint density at radius 1 is 1.30 bits per heavy atom. The first-order valence-electron chi connectivity index (χ1n) is 8.05. The number of hydrogen-bond donors (Lipinski definition) is 1. The van der Waals surface area contributed by atoms with Crippen LogP contribution in [0.15, 0.2) is 36.5 Å². The Labute approximate surface area is 140 Å². The predicted molar refractivity (Wildman–Crippen MR) is 96.3 cm³/mol. The number of fused-ring (bicyclic) bond motifs is 1. The lowest BCUT2D eigenvalue weighted by Gasteiger charge is -2.33. The molecule has 2 heterocycles. The summed E-state index contributed by atoms with van der Waals surface area (Å²) in [5.74, 6) is 0.817. The van der Waals surface area contributed by atoms with Crippen LogP contribution >= 0.6 is 9.24 Å². The van der Waals surface area contributed by atoms with E-state index in [9.17, 15) is 5.11 Å². The van der Waals surface area contributed by atoms with Crippen LogP contribution in [0.2, 0.25) is 0 Å². The molecular formula is C19H24NO2P. The Balaban J connectivity index is 2.28. The minimum atomic E-state index is -1.15. The van der Waals surface area contributed by atoms with Gasteiger partial charge in [0.2, 0.25) is 0 Å². The van der Waals surface area contributed by atoms with Gasteiger partial charge in [0.15, 0.2) is 0 Å². The van der Waals surface area contributed by atoms with Crippen LogP contribution in [0.1, 0.15) is 44.0 Å². The van der Waals surface area contributed by atoms with E-state index in [0.717, 1.165) is 28.6 Å². The van der Waals surface area contributed by atoms with E-state index in [1.807, 2.05) is 24.3 Å². The van der Waals surface area contributed by atoms with Gasteiger partial charge in [-0.15, -0.1) is 9.24 Å². The molecule has 1 aromatic carbocycles. The van der Waals surface area contributed by atoms with E-state index >= 15 is 0 Å². The third-order valence-corrected chi connectivity index (χ3v) is 4.78. The third kappa shape index (κ3) is 3.00. The van der Waals surface area contributed by atoms with Gasteiger partial charge in [0.1, 0.15) is 11.4 Å². The van der Waals surface area contributed by atoms with E-state index in [1.165, 1.54) is 0 Å². The van der Waals surface area contributed by atoms with Crippen molar-refractivity contribution >= 4 is 14.5 Å². The van der Waals surface area contributed by atoms with E-state index in [4.69, 9.17) is 4.74 Å². The molecule has 0 radical (unpaired) electrons. The SMILES string of the molecule is CCc1cc(P)cc2c1OCC(C)(C)CC2(O)c1ccccn1. The summed E-state index contributed by atoms with van der Waals surface area (Å²) in [4.78, 5) is 4.45. The fourth-order valence-corrected chi connectivity index (χ4v) is 3.76. The van der Waals surface area contributed by atoms with Crippen LogP contribution in [0.3, 0.4) is 0 Å². The summed E-state index contributed by atoms with van der Waals surface area (Å²) < 4.78 is 6.16. The zero-order chi connectivity index (χ0) is 16.7. The Hall–Kier alpha value is -1.44. The highest BCUT2D eigenvalue weighted by atomic mass is 31.0. The molecule has 1 aliphatic rings. The van der Waals surface area contributed by atoms with Gasteiger partial charge in [-0.05, 0) is 48.0 Å². The van der Waals surface area contributed by atoms with Crippen molar-refractivity contribution in [2.45, 2.75) is 39.2 Å². The number of rotatable bonds is 2. The Morgan fingerprint density at radius 2 is 2.09 bits per heavy atom. The molecule has 2 unspecified atom stereocenters. The minimum Gasteiger partial charge on any atom is -0.492 e. The van der Waals surface area contributed by atoms with Crippen molar-refractivity contribution in [3.8, 4) is 5.75 Å². The van der Waals surface area contributed by atoms with E-state index in [0.29, 0.717) is 18.7 Å². The van der Waals surface area contributed by atoms with Crippen molar-refractivity contribution in [1.82, 2.24) is 4.98 Å². The lowest BCUT2D eigenvalue weighted by molar-refractivity contribution is 0.0266. The molecule has 3 rings (SSSR count). The largest absolute Gasteiger partial charge is 0.492 e. The summed E-state index contributed by atoms with van der Waals surface area (Å²) in [6.45, 7) is 6.94. The Bertz CT molecular complexity index is 715. The van der Waals surface area contributed by atoms with E-state index in [1.54, 1.807) is 6.20 Å². The summed E-state index contributed by atoms with van der Waals surface area (Å²) in [5, 5.41) is 12.8. The van der Waals surface area contributed by atoms with Crippen molar-refractivity contribution in [3.05, 3.63) is 53.3 Å². The van der Waals surface area contributed by atoms with Gasteiger partial charge in [-0.1, -0.05) is 26.8 Å². The molecule has 122 valence electrons. The molecule has 0 fully saturated rings. The Kier molecular flexibility index (Phi) is 4.20. The second-order valence-electron chi connectivity index (χ2n) is 7.12. The number of ether oxygens (including phenoxy) is 1. The van der Waals surface area contributed by atoms with Crippen LogP contribution in [0.5, 0.6) is 5.75 Å². The first-order chi connectivity index (χ1) is 10.9. The number of nitrogens with zero attached hydrogens (tertiary/aromatic N) is 1. The third-order valence-electron chi connectivity index (χ3n) is 4.44. The van der Waals surface area contributed by atoms with Crippen LogP contribution in [0.4, 0.5) is 0 Å². The summed E-state index contributed by atoms with van der Waals surface area (Å²) in [5.41, 5.74) is 1.33. The highest BCUT2D eigenvalue weighted by Crippen LogP contribution is 2.47. The normalized spacial score (nSPS) is 22.8. The maximum atomic E-state index is 11.7. The van der Waals surface area contributed by atoms with Crippen molar-refractivity contribution in [3.63, 3.8) is 0 Å². The molecule has 0 spiro atoms. The molecule has 2 atom stereocenters. The monoisotopic (exact) mass is 329 g/mol. The number of aliphatic hydroxyl groups is 1. The number of aryl methyl sites for hydroxylation is 1. The van der Waals surface area contributed by atoms with Crippen LogP contribution < -0.4 is 10.0 Å². The lowest BCUT2D eigenvalue weighted by Crippen LogP contribution is -2.34. The zero-order valence-corrected chi connectivity index (χ0v) is 15.1. The quantitative estimate of drug-likeness (QED) is 0.861. The molecule has 2 aromatic rings. The van der Waals surface area contributed by atoms with Crippen molar-refractivity contribution in [1.29, 1.82) is 0 Å². The van der Waals surface area contributed by atoms with E-state index < -0.39 is 5.60 Å². The minimum absolute atomic E-state index is 0.155. The zero-order valence-electron chi connectivity index (χ0n) is 14.0. The molecule has 1 aromatic heterocycles. The summed E-state index contributed by atoms with van der Waals surface area (Å²) in [6, 6.07) is 9.81. The van der Waals surface area contributed by atoms with Gasteiger partial charge < -0.3 is 9.84 Å². The fourth-order valence-electron chi connectivity index (χ4n) is 3.40. The van der Waals surface area contributed by atoms with Gasteiger partial charge in [-0.2, -0.15) is 0 Å². The maximum Gasteiger partial charge on any atom is 0.136 e. The van der Waals surface area contributed by atoms with Crippen molar-refractivity contribution in [2.75, 3.05) is 6.61 Å². The van der Waals surface area contributed by atoms with Gasteiger partial charge >= 0.3 is 0 Å². The standard InChI is InChI=1S/C19H24NO2P/c1-4-13-9-14(23)10-15-17(13)22-12-18(2,3)11-19(15,21)16-7-5-6-8-20-16/h5-10,21H,4,11-12,23H2,1-3H3. The molecule has 0 saturated carbocycles. The lowest BCUT2D eigenvalue weighted by atomic mass is 9.76. The first kappa shape index (κ1) is 16.4. The van der Waals surface area contributed by atoms with Crippen molar-refractivity contribution in [2.24, 2.45) is 5.41 Å². The van der Waals surface area contributed by atoms with Crippen molar-refractivity contribution < 1.29 is 9.84 Å². The predicted octanol–water partition coefficient (Wildman–Crippen LogP) is 3.19. The molecule has 0 amide bonds. The number of benzene rings is 1. The van der Waals surface area contributed by atoms with Crippen LogP contribution in [0.25, 0.3) is 0 Å². The molecule has 0 aliphatic carbocycles. The van der Waals surface area contributed by atoms with E-state index in [-0.39, 0.29) is 5.41 Å². The van der Waals surface area contributed by atoms with Gasteiger partial charge in [0.05, 0.1) is 12.3 Å². The number of hydrogen-bond acceptors (Lipinski definition) is 3. The van der Waals surface area contributed by atoms with Gasteiger partial charge in [0, 0.05) is 17.2 Å². The van der Waals surface area contributed by atoms with Gasteiger partial charge in [-0.3, -0.25) is 4.98 Å². The summed E-state index contributed by atoms with van der Waals surface area (Å²) >= 11 is 0. The topological polar surface area (TPSA) is 42.4 Å². The first-order valence-corrected chi connectivity index (χ1v) is 8.63. The Morgan fingerprint density at radius 3 is 2.74 bits per heavy atom. The number of aromatic nitrogens is 1. The van der Waals surface area contributed by atoms with E-state index in [2.05, 4.69) is 41.1 Å². The maximum absolute atomic E-state index is 11.7. The average molecular weight is 329 g/mol.